The van der Waals surface area contributed by atoms with Crippen LogP contribution >= 0.6 is 0 Å². The molecule has 27 heavy (non-hydrogen) atoms. The van der Waals surface area contributed by atoms with Gasteiger partial charge in [0.15, 0.2) is 5.78 Å². The van der Waals surface area contributed by atoms with E-state index in [-0.39, 0.29) is 17.6 Å². The van der Waals surface area contributed by atoms with Crippen LogP contribution in [0.25, 0.3) is 10.9 Å². The van der Waals surface area contributed by atoms with Gasteiger partial charge in [-0.2, -0.15) is 0 Å². The molecule has 4 heteroatoms. The van der Waals surface area contributed by atoms with E-state index in [2.05, 4.69) is 17.1 Å². The van der Waals surface area contributed by atoms with E-state index >= 15 is 0 Å². The zero-order valence-corrected chi connectivity index (χ0v) is 15.4. The maximum atomic E-state index is 12.9. The van der Waals surface area contributed by atoms with E-state index in [1.807, 2.05) is 53.6 Å². The second kappa shape index (κ2) is 7.78. The summed E-state index contributed by atoms with van der Waals surface area (Å²) in [6.07, 6.45) is 4.62. The minimum Gasteiger partial charge on any atom is -0.360 e. The molecule has 138 valence electrons. The number of ketones is 1. The van der Waals surface area contributed by atoms with E-state index in [0.29, 0.717) is 19.5 Å². The van der Waals surface area contributed by atoms with Crippen molar-refractivity contribution in [3.05, 3.63) is 71.9 Å². The number of piperidine rings is 1. The van der Waals surface area contributed by atoms with Crippen molar-refractivity contribution in [2.45, 2.75) is 25.7 Å². The number of aromatic nitrogens is 1. The molecule has 1 aliphatic rings. The second-order valence-electron chi connectivity index (χ2n) is 7.25. The molecular formula is C23H24N2O2. The van der Waals surface area contributed by atoms with Gasteiger partial charge in [0.2, 0.25) is 5.91 Å². The highest BCUT2D eigenvalue weighted by atomic mass is 16.2. The molecule has 1 aromatic heterocycles. The fraction of sp³-hybridized carbons (Fsp3) is 0.304. The lowest BCUT2D eigenvalue weighted by atomic mass is 9.88. The van der Waals surface area contributed by atoms with Gasteiger partial charge in [0.05, 0.1) is 0 Å². The second-order valence-corrected chi connectivity index (χ2v) is 7.25. The molecule has 0 spiro atoms. The zero-order chi connectivity index (χ0) is 18.6. The van der Waals surface area contributed by atoms with Crippen LogP contribution in [0.4, 0.5) is 0 Å². The largest absolute Gasteiger partial charge is 0.360 e. The van der Waals surface area contributed by atoms with E-state index in [9.17, 15) is 9.59 Å². The number of rotatable bonds is 5. The number of carbonyl (C=O) groups is 2. The highest BCUT2D eigenvalue weighted by molar-refractivity contribution is 6.08. The van der Waals surface area contributed by atoms with Gasteiger partial charge in [-0.15, -0.1) is 0 Å². The lowest BCUT2D eigenvalue weighted by molar-refractivity contribution is -0.132. The van der Waals surface area contributed by atoms with Crippen molar-refractivity contribution in [2.75, 3.05) is 13.1 Å². The maximum Gasteiger partial charge on any atom is 0.222 e. The summed E-state index contributed by atoms with van der Waals surface area (Å²) in [4.78, 5) is 30.5. The standard InChI is InChI=1S/C23H24N2O2/c26-22(11-10-17-6-2-1-3-7-17)25-14-12-18(13-15-25)23(27)20-16-24-21-9-5-4-8-19(20)21/h1-9,16,18,24H,10-15H2. The first kappa shape index (κ1) is 17.5. The fourth-order valence-electron chi connectivity index (χ4n) is 3.94. The van der Waals surface area contributed by atoms with Crippen molar-refractivity contribution < 1.29 is 9.59 Å². The van der Waals surface area contributed by atoms with Crippen LogP contribution in [0, 0.1) is 5.92 Å². The first-order valence-corrected chi connectivity index (χ1v) is 9.64. The van der Waals surface area contributed by atoms with Gasteiger partial charge in [-0.1, -0.05) is 48.5 Å². The zero-order valence-electron chi connectivity index (χ0n) is 15.4. The van der Waals surface area contributed by atoms with Gasteiger partial charge in [0.1, 0.15) is 0 Å². The van der Waals surface area contributed by atoms with Crippen LogP contribution < -0.4 is 0 Å². The highest BCUT2D eigenvalue weighted by Gasteiger charge is 2.28. The first-order valence-electron chi connectivity index (χ1n) is 9.64. The molecule has 3 aromatic rings. The number of hydrogen-bond donors (Lipinski definition) is 1. The van der Waals surface area contributed by atoms with Crippen LogP contribution in [0.15, 0.2) is 60.8 Å². The molecule has 1 fully saturated rings. The number of fused-ring (bicyclic) bond motifs is 1. The quantitative estimate of drug-likeness (QED) is 0.693. The summed E-state index contributed by atoms with van der Waals surface area (Å²) >= 11 is 0. The minimum atomic E-state index is 0.00220. The van der Waals surface area contributed by atoms with Crippen LogP contribution in [0.3, 0.4) is 0 Å². The summed E-state index contributed by atoms with van der Waals surface area (Å²) in [6.45, 7) is 1.35. The first-order chi connectivity index (χ1) is 13.2. The van der Waals surface area contributed by atoms with Gasteiger partial charge >= 0.3 is 0 Å². The maximum absolute atomic E-state index is 12.9. The smallest absolute Gasteiger partial charge is 0.222 e. The number of amides is 1. The van der Waals surface area contributed by atoms with Crippen LogP contribution in [0.5, 0.6) is 0 Å². The molecule has 4 nitrogen and oxygen atoms in total. The minimum absolute atomic E-state index is 0.00220. The predicted octanol–water partition coefficient (Wildman–Crippen LogP) is 4.22. The molecule has 0 saturated carbocycles. The molecule has 0 atom stereocenters. The van der Waals surface area contributed by atoms with E-state index in [0.717, 1.165) is 35.7 Å². The third-order valence-electron chi connectivity index (χ3n) is 5.54. The van der Waals surface area contributed by atoms with Crippen LogP contribution in [-0.4, -0.2) is 34.7 Å². The van der Waals surface area contributed by atoms with Gasteiger partial charge in [-0.3, -0.25) is 9.59 Å². The molecule has 0 bridgehead atoms. The number of nitrogens with zero attached hydrogens (tertiary/aromatic N) is 1. The molecule has 2 aromatic carbocycles. The Morgan fingerprint density at radius 1 is 0.963 bits per heavy atom. The summed E-state index contributed by atoms with van der Waals surface area (Å²) in [5.41, 5.74) is 2.96. The van der Waals surface area contributed by atoms with Crippen LogP contribution in [0.1, 0.15) is 35.2 Å². The summed E-state index contributed by atoms with van der Waals surface area (Å²) in [6, 6.07) is 18.0. The lowest BCUT2D eigenvalue weighted by Crippen LogP contribution is -2.40. The van der Waals surface area contributed by atoms with Gasteiger partial charge in [-0.25, -0.2) is 0 Å². The third kappa shape index (κ3) is 3.80. The van der Waals surface area contributed by atoms with Crippen molar-refractivity contribution >= 4 is 22.6 Å². The number of nitrogens with one attached hydrogen (secondary N) is 1. The molecule has 0 unspecified atom stereocenters. The van der Waals surface area contributed by atoms with Crippen molar-refractivity contribution in [2.24, 2.45) is 5.92 Å². The van der Waals surface area contributed by atoms with Crippen molar-refractivity contribution in [1.29, 1.82) is 0 Å². The number of likely N-dealkylation sites (tertiary alicyclic amines) is 1. The molecule has 1 N–H and O–H groups in total. The van der Waals surface area contributed by atoms with E-state index in [1.165, 1.54) is 5.56 Å². The molecule has 1 saturated heterocycles. The molecule has 2 heterocycles. The lowest BCUT2D eigenvalue weighted by Gasteiger charge is -2.31. The monoisotopic (exact) mass is 360 g/mol. The van der Waals surface area contributed by atoms with Crippen molar-refractivity contribution in [1.82, 2.24) is 9.88 Å². The summed E-state index contributed by atoms with van der Waals surface area (Å²) < 4.78 is 0. The van der Waals surface area contributed by atoms with Gasteiger partial charge in [-0.05, 0) is 30.9 Å². The SMILES string of the molecule is O=C(c1c[nH]c2ccccc12)C1CCN(C(=O)CCc2ccccc2)CC1. The summed E-state index contributed by atoms with van der Waals surface area (Å²) in [5.74, 6) is 0.392. The Morgan fingerprint density at radius 3 is 2.44 bits per heavy atom. The van der Waals surface area contributed by atoms with Gasteiger partial charge < -0.3 is 9.88 Å². The highest BCUT2D eigenvalue weighted by Crippen LogP contribution is 2.26. The molecule has 1 amide bonds. The number of aromatic amines is 1. The fourth-order valence-corrected chi connectivity index (χ4v) is 3.94. The Morgan fingerprint density at radius 2 is 1.67 bits per heavy atom. The Bertz CT molecular complexity index is 937. The summed E-state index contributed by atoms with van der Waals surface area (Å²) in [5, 5.41) is 0.990. The van der Waals surface area contributed by atoms with Crippen LogP contribution in [0.2, 0.25) is 0 Å². The van der Waals surface area contributed by atoms with Gasteiger partial charge in [0, 0.05) is 48.1 Å². The molecule has 4 rings (SSSR count). The number of hydrogen-bond acceptors (Lipinski definition) is 2. The predicted molar refractivity (Wildman–Crippen MR) is 107 cm³/mol. The van der Waals surface area contributed by atoms with E-state index < -0.39 is 0 Å². The number of aryl methyl sites for hydroxylation is 1. The normalized spacial score (nSPS) is 15.2. The number of para-hydroxylation sites is 1. The number of carbonyl (C=O) groups excluding carboxylic acids is 2. The average Bonchev–Trinajstić information content (AvgIpc) is 3.16. The average molecular weight is 360 g/mol. The molecular weight excluding hydrogens is 336 g/mol. The molecule has 1 aliphatic heterocycles. The Balaban J connectivity index is 1.33. The Kier molecular flexibility index (Phi) is 5.05. The molecule has 0 radical (unpaired) electrons. The molecule has 0 aliphatic carbocycles. The topological polar surface area (TPSA) is 53.2 Å². The van der Waals surface area contributed by atoms with Crippen molar-refractivity contribution in [3.8, 4) is 0 Å². The third-order valence-corrected chi connectivity index (χ3v) is 5.54. The summed E-state index contributed by atoms with van der Waals surface area (Å²) in [7, 11) is 0. The number of H-pyrrole nitrogens is 1. The van der Waals surface area contributed by atoms with E-state index in [1.54, 1.807) is 0 Å². The van der Waals surface area contributed by atoms with Crippen molar-refractivity contribution in [3.63, 3.8) is 0 Å². The van der Waals surface area contributed by atoms with E-state index in [4.69, 9.17) is 0 Å². The Labute approximate surface area is 159 Å². The van der Waals surface area contributed by atoms with Crippen LogP contribution in [-0.2, 0) is 11.2 Å². The number of Topliss-reactive ketones (excluding diaryl/α,β-unsaturated/α-hetero) is 1. The Hall–Kier alpha value is -2.88. The van der Waals surface area contributed by atoms with Gasteiger partial charge in [0.25, 0.3) is 0 Å². The number of benzene rings is 2.